The molecule has 0 bridgehead atoms. The first-order chi connectivity index (χ1) is 5.90. The Morgan fingerprint density at radius 2 is 2.50 bits per heavy atom. The van der Waals surface area contributed by atoms with Crippen LogP contribution in [-0.2, 0) is 6.42 Å². The molecule has 0 amide bonds. The smallest absolute Gasteiger partial charge is 0.144 e. The third-order valence-electron chi connectivity index (χ3n) is 1.91. The Morgan fingerprint density at radius 3 is 3.33 bits per heavy atom. The van der Waals surface area contributed by atoms with Crippen molar-refractivity contribution in [2.75, 3.05) is 6.61 Å². The molecule has 2 rings (SSSR count). The highest BCUT2D eigenvalue weighted by molar-refractivity contribution is 5.38. The van der Waals surface area contributed by atoms with E-state index in [4.69, 9.17) is 10.00 Å². The number of ether oxygens (including phenoxy) is 1. The van der Waals surface area contributed by atoms with E-state index < -0.39 is 0 Å². The first-order valence-corrected chi connectivity index (χ1v) is 3.92. The maximum Gasteiger partial charge on any atom is 0.144 e. The number of aryl methyl sites for hydroxylation is 1. The lowest BCUT2D eigenvalue weighted by molar-refractivity contribution is 0.287. The van der Waals surface area contributed by atoms with Crippen molar-refractivity contribution in [3.63, 3.8) is 0 Å². The topological polar surface area (TPSA) is 45.9 Å². The zero-order valence-corrected chi connectivity index (χ0v) is 6.58. The van der Waals surface area contributed by atoms with Gasteiger partial charge in [-0.05, 0) is 12.8 Å². The Kier molecular flexibility index (Phi) is 1.67. The molecule has 2 heterocycles. The van der Waals surface area contributed by atoms with Crippen LogP contribution in [0, 0.1) is 11.3 Å². The van der Waals surface area contributed by atoms with E-state index in [1.54, 1.807) is 12.3 Å². The van der Waals surface area contributed by atoms with Crippen LogP contribution in [0.4, 0.5) is 0 Å². The Bertz CT molecular complexity index is 341. The quantitative estimate of drug-likeness (QED) is 0.574. The molecule has 0 fully saturated rings. The highest BCUT2D eigenvalue weighted by Crippen LogP contribution is 2.23. The van der Waals surface area contributed by atoms with Gasteiger partial charge in [-0.15, -0.1) is 0 Å². The van der Waals surface area contributed by atoms with Crippen LogP contribution in [0.3, 0.4) is 0 Å². The Balaban J connectivity index is 2.44. The number of rotatable bonds is 0. The normalized spacial score (nSPS) is 14.2. The van der Waals surface area contributed by atoms with Gasteiger partial charge in [-0.25, -0.2) is 4.98 Å². The number of pyridine rings is 1. The fourth-order valence-electron chi connectivity index (χ4n) is 1.29. The number of hydrogen-bond donors (Lipinski definition) is 0. The van der Waals surface area contributed by atoms with E-state index in [-0.39, 0.29) is 0 Å². The van der Waals surface area contributed by atoms with Crippen molar-refractivity contribution in [1.29, 1.82) is 5.26 Å². The summed E-state index contributed by atoms with van der Waals surface area (Å²) < 4.78 is 5.37. The van der Waals surface area contributed by atoms with Crippen LogP contribution in [0.1, 0.15) is 17.7 Å². The summed E-state index contributed by atoms with van der Waals surface area (Å²) in [6.07, 6.45) is 3.78. The van der Waals surface area contributed by atoms with E-state index in [1.165, 1.54) is 0 Å². The Hall–Kier alpha value is -1.56. The van der Waals surface area contributed by atoms with Crippen LogP contribution >= 0.6 is 0 Å². The molecule has 1 aromatic rings. The third-order valence-corrected chi connectivity index (χ3v) is 1.91. The van der Waals surface area contributed by atoms with E-state index >= 15 is 0 Å². The van der Waals surface area contributed by atoms with Gasteiger partial charge in [0.25, 0.3) is 0 Å². The summed E-state index contributed by atoms with van der Waals surface area (Å²) >= 11 is 0. The molecule has 1 aromatic heterocycles. The fraction of sp³-hybridized carbons (Fsp3) is 0.333. The summed E-state index contributed by atoms with van der Waals surface area (Å²) in [5, 5.41) is 8.57. The van der Waals surface area contributed by atoms with Crippen molar-refractivity contribution in [2.45, 2.75) is 12.8 Å². The summed E-state index contributed by atoms with van der Waals surface area (Å²) in [4.78, 5) is 3.97. The molecule has 3 heteroatoms. The lowest BCUT2D eigenvalue weighted by Crippen LogP contribution is -2.08. The molecule has 0 saturated heterocycles. The molecule has 1 aliphatic rings. The number of nitrogens with zero attached hydrogens (tertiary/aromatic N) is 2. The number of hydrogen-bond acceptors (Lipinski definition) is 3. The highest BCUT2D eigenvalue weighted by atomic mass is 16.5. The van der Waals surface area contributed by atoms with Crippen molar-refractivity contribution in [3.05, 3.63) is 23.5 Å². The molecule has 0 unspecified atom stereocenters. The lowest BCUT2D eigenvalue weighted by atomic mass is 10.1. The molecule has 0 aliphatic carbocycles. The second-order valence-electron chi connectivity index (χ2n) is 2.74. The van der Waals surface area contributed by atoms with Crippen LogP contribution in [0.25, 0.3) is 0 Å². The van der Waals surface area contributed by atoms with Crippen molar-refractivity contribution in [1.82, 2.24) is 4.98 Å². The predicted molar refractivity (Wildman–Crippen MR) is 42.8 cm³/mol. The zero-order valence-electron chi connectivity index (χ0n) is 6.58. The van der Waals surface area contributed by atoms with E-state index in [0.29, 0.717) is 5.69 Å². The van der Waals surface area contributed by atoms with Crippen LogP contribution in [-0.4, -0.2) is 11.6 Å². The highest BCUT2D eigenvalue weighted by Gasteiger charge is 2.10. The molecule has 0 N–H and O–H groups in total. The largest absolute Gasteiger partial charge is 0.493 e. The van der Waals surface area contributed by atoms with Crippen LogP contribution < -0.4 is 4.74 Å². The van der Waals surface area contributed by atoms with Gasteiger partial charge in [-0.3, -0.25) is 0 Å². The van der Waals surface area contributed by atoms with E-state index in [9.17, 15) is 0 Å². The molecule has 0 saturated carbocycles. The molecular weight excluding hydrogens is 152 g/mol. The number of fused-ring (bicyclic) bond motifs is 1. The van der Waals surface area contributed by atoms with E-state index in [2.05, 4.69) is 4.98 Å². The van der Waals surface area contributed by atoms with Gasteiger partial charge in [0.15, 0.2) is 0 Å². The SMILES string of the molecule is N#Cc1cc2c(cn1)CCCO2. The predicted octanol–water partition coefficient (Wildman–Crippen LogP) is 1.28. The van der Waals surface area contributed by atoms with Gasteiger partial charge in [0.2, 0.25) is 0 Å². The van der Waals surface area contributed by atoms with Gasteiger partial charge in [-0.2, -0.15) is 5.26 Å². The van der Waals surface area contributed by atoms with Gasteiger partial charge in [0.1, 0.15) is 17.5 Å². The minimum absolute atomic E-state index is 0.427. The van der Waals surface area contributed by atoms with E-state index in [0.717, 1.165) is 30.8 Å². The van der Waals surface area contributed by atoms with Crippen LogP contribution in [0.15, 0.2) is 12.3 Å². The fourth-order valence-corrected chi connectivity index (χ4v) is 1.29. The molecule has 0 atom stereocenters. The van der Waals surface area contributed by atoms with Crippen molar-refractivity contribution in [2.24, 2.45) is 0 Å². The minimum Gasteiger partial charge on any atom is -0.493 e. The summed E-state index contributed by atoms with van der Waals surface area (Å²) in [6, 6.07) is 3.69. The van der Waals surface area contributed by atoms with Crippen LogP contribution in [0.2, 0.25) is 0 Å². The summed E-state index contributed by atoms with van der Waals surface area (Å²) in [5.41, 5.74) is 1.54. The summed E-state index contributed by atoms with van der Waals surface area (Å²) in [6.45, 7) is 0.752. The second-order valence-corrected chi connectivity index (χ2v) is 2.74. The third kappa shape index (κ3) is 1.12. The molecule has 12 heavy (non-hydrogen) atoms. The van der Waals surface area contributed by atoms with E-state index in [1.807, 2.05) is 6.07 Å². The summed E-state index contributed by atoms with van der Waals surface area (Å²) in [5.74, 6) is 0.827. The minimum atomic E-state index is 0.427. The molecular formula is C9H8N2O. The van der Waals surface area contributed by atoms with Crippen molar-refractivity contribution in [3.8, 4) is 11.8 Å². The van der Waals surface area contributed by atoms with Crippen LogP contribution in [0.5, 0.6) is 5.75 Å². The maximum absolute atomic E-state index is 8.57. The molecule has 0 radical (unpaired) electrons. The van der Waals surface area contributed by atoms with Crippen molar-refractivity contribution < 1.29 is 4.74 Å². The molecule has 0 aromatic carbocycles. The molecule has 0 spiro atoms. The number of nitriles is 1. The first kappa shape index (κ1) is 7.11. The van der Waals surface area contributed by atoms with Gasteiger partial charge in [0, 0.05) is 17.8 Å². The molecule has 3 nitrogen and oxygen atoms in total. The average molecular weight is 160 g/mol. The Labute approximate surface area is 70.6 Å². The van der Waals surface area contributed by atoms with Gasteiger partial charge >= 0.3 is 0 Å². The average Bonchev–Trinajstić information content (AvgIpc) is 2.17. The first-order valence-electron chi connectivity index (χ1n) is 3.92. The van der Waals surface area contributed by atoms with Gasteiger partial charge < -0.3 is 4.74 Å². The zero-order chi connectivity index (χ0) is 8.39. The monoisotopic (exact) mass is 160 g/mol. The van der Waals surface area contributed by atoms with Gasteiger partial charge in [0.05, 0.1) is 6.61 Å². The lowest BCUT2D eigenvalue weighted by Gasteiger charge is -2.15. The standard InChI is InChI=1S/C9H8N2O/c10-5-8-4-9-7(6-11-8)2-1-3-12-9/h4,6H,1-3H2. The number of aromatic nitrogens is 1. The Morgan fingerprint density at radius 1 is 1.58 bits per heavy atom. The maximum atomic E-state index is 8.57. The van der Waals surface area contributed by atoms with Crippen molar-refractivity contribution >= 4 is 0 Å². The summed E-state index contributed by atoms with van der Waals surface area (Å²) in [7, 11) is 0. The van der Waals surface area contributed by atoms with Gasteiger partial charge in [-0.1, -0.05) is 0 Å². The molecule has 1 aliphatic heterocycles. The second kappa shape index (κ2) is 2.82. The molecule has 60 valence electrons.